The van der Waals surface area contributed by atoms with E-state index in [9.17, 15) is 0 Å². The van der Waals surface area contributed by atoms with Gasteiger partial charge in [0.25, 0.3) is 0 Å². The molecule has 2 aromatic carbocycles. The molecule has 146 valence electrons. The van der Waals surface area contributed by atoms with E-state index in [2.05, 4.69) is 57.9 Å². The lowest BCUT2D eigenvalue weighted by molar-refractivity contribution is 0.336. The Hall–Kier alpha value is -3.28. The van der Waals surface area contributed by atoms with Crippen LogP contribution in [0.1, 0.15) is 23.6 Å². The number of hydrogen-bond donors (Lipinski definition) is 2. The number of imidazole rings is 1. The molecular weight excluding hydrogens is 350 g/mol. The third kappa shape index (κ3) is 4.91. The number of guanidine groups is 1. The lowest BCUT2D eigenvalue weighted by Crippen LogP contribution is -2.36. The van der Waals surface area contributed by atoms with Crippen molar-refractivity contribution >= 4 is 5.96 Å². The summed E-state index contributed by atoms with van der Waals surface area (Å²) < 4.78 is 7.77. The molecule has 0 aliphatic rings. The Morgan fingerprint density at radius 3 is 2.61 bits per heavy atom. The number of para-hydroxylation sites is 1. The quantitative estimate of drug-likeness (QED) is 0.489. The number of aryl methyl sites for hydroxylation is 1. The summed E-state index contributed by atoms with van der Waals surface area (Å²) >= 11 is 0. The second-order valence-electron chi connectivity index (χ2n) is 6.42. The topological polar surface area (TPSA) is 63.5 Å². The first-order valence-electron chi connectivity index (χ1n) is 9.44. The lowest BCUT2D eigenvalue weighted by atomic mass is 10.1. The molecule has 1 heterocycles. The van der Waals surface area contributed by atoms with Gasteiger partial charge in [0.2, 0.25) is 0 Å². The van der Waals surface area contributed by atoms with Gasteiger partial charge in [-0.05, 0) is 37.1 Å². The Kier molecular flexibility index (Phi) is 6.68. The van der Waals surface area contributed by atoms with Crippen LogP contribution in [0.4, 0.5) is 0 Å². The molecule has 0 atom stereocenters. The molecule has 0 saturated carbocycles. The van der Waals surface area contributed by atoms with E-state index in [1.54, 1.807) is 19.6 Å². The van der Waals surface area contributed by atoms with E-state index >= 15 is 0 Å². The molecule has 6 heteroatoms. The van der Waals surface area contributed by atoms with Crippen LogP contribution in [0.15, 0.2) is 66.2 Å². The van der Waals surface area contributed by atoms with Gasteiger partial charge in [-0.25, -0.2) is 4.98 Å². The number of rotatable bonds is 7. The summed E-state index contributed by atoms with van der Waals surface area (Å²) in [6.45, 7) is 6.00. The first-order chi connectivity index (χ1) is 13.7. The van der Waals surface area contributed by atoms with Gasteiger partial charge < -0.3 is 19.9 Å². The largest absolute Gasteiger partial charge is 0.494 e. The van der Waals surface area contributed by atoms with Crippen molar-refractivity contribution in [2.45, 2.75) is 26.9 Å². The summed E-state index contributed by atoms with van der Waals surface area (Å²) in [5.74, 6) is 1.65. The summed E-state index contributed by atoms with van der Waals surface area (Å²) in [6, 6.07) is 14.5. The monoisotopic (exact) mass is 377 g/mol. The smallest absolute Gasteiger partial charge is 0.191 e. The molecule has 3 aromatic rings. The number of nitrogens with zero attached hydrogens (tertiary/aromatic N) is 3. The fourth-order valence-electron chi connectivity index (χ4n) is 2.99. The first-order valence-corrected chi connectivity index (χ1v) is 9.44. The molecule has 2 N–H and O–H groups in total. The van der Waals surface area contributed by atoms with Gasteiger partial charge in [-0.3, -0.25) is 4.99 Å². The molecule has 0 radical (unpaired) electrons. The van der Waals surface area contributed by atoms with Gasteiger partial charge in [0.1, 0.15) is 5.75 Å². The molecule has 28 heavy (non-hydrogen) atoms. The maximum atomic E-state index is 5.76. The van der Waals surface area contributed by atoms with E-state index in [-0.39, 0.29) is 0 Å². The average Bonchev–Trinajstić information content (AvgIpc) is 3.24. The second kappa shape index (κ2) is 9.60. The number of aromatic nitrogens is 2. The molecule has 0 fully saturated rings. The Bertz CT molecular complexity index is 918. The number of ether oxygens (including phenoxy) is 1. The molecule has 1 aromatic heterocycles. The van der Waals surface area contributed by atoms with Crippen LogP contribution >= 0.6 is 0 Å². The Morgan fingerprint density at radius 2 is 1.89 bits per heavy atom. The SMILES string of the molecule is CCOc1cc(C)ccc1CNC(=NC)NCc1ccccc1-n1ccnc1. The van der Waals surface area contributed by atoms with Gasteiger partial charge in [-0.1, -0.05) is 30.3 Å². The highest BCUT2D eigenvalue weighted by Crippen LogP contribution is 2.20. The highest BCUT2D eigenvalue weighted by atomic mass is 16.5. The highest BCUT2D eigenvalue weighted by Gasteiger charge is 2.07. The predicted octanol–water partition coefficient (Wildman–Crippen LogP) is 3.44. The third-order valence-corrected chi connectivity index (χ3v) is 4.41. The molecule has 0 unspecified atom stereocenters. The van der Waals surface area contributed by atoms with Crippen LogP contribution in [0.3, 0.4) is 0 Å². The maximum Gasteiger partial charge on any atom is 0.191 e. The Labute approximate surface area is 166 Å². The fraction of sp³-hybridized carbons (Fsp3) is 0.273. The van der Waals surface area contributed by atoms with Gasteiger partial charge >= 0.3 is 0 Å². The summed E-state index contributed by atoms with van der Waals surface area (Å²) in [5.41, 5.74) is 4.55. The molecule has 6 nitrogen and oxygen atoms in total. The molecule has 0 saturated heterocycles. The molecular formula is C22H27N5O. The minimum atomic E-state index is 0.637. The van der Waals surface area contributed by atoms with Crippen LogP contribution in [-0.4, -0.2) is 29.2 Å². The lowest BCUT2D eigenvalue weighted by Gasteiger charge is -2.16. The normalized spacial score (nSPS) is 11.3. The zero-order valence-electron chi connectivity index (χ0n) is 16.6. The summed E-state index contributed by atoms with van der Waals surface area (Å²) in [5, 5.41) is 6.75. The average molecular weight is 377 g/mol. The van der Waals surface area contributed by atoms with Gasteiger partial charge in [0.15, 0.2) is 5.96 Å². The van der Waals surface area contributed by atoms with Crippen molar-refractivity contribution in [1.82, 2.24) is 20.2 Å². The highest BCUT2D eigenvalue weighted by molar-refractivity contribution is 5.79. The summed E-state index contributed by atoms with van der Waals surface area (Å²) in [6.07, 6.45) is 5.53. The Balaban J connectivity index is 1.64. The standard InChI is InChI=1S/C22H27N5O/c1-4-28-21-13-17(2)9-10-19(21)15-26-22(23-3)25-14-18-7-5-6-8-20(18)27-12-11-24-16-27/h5-13,16H,4,14-15H2,1-3H3,(H2,23,25,26). The summed E-state index contributed by atoms with van der Waals surface area (Å²) in [7, 11) is 1.77. The van der Waals surface area contributed by atoms with Crippen LogP contribution in [0.5, 0.6) is 5.75 Å². The molecule has 0 spiro atoms. The van der Waals surface area contributed by atoms with E-state index < -0.39 is 0 Å². The second-order valence-corrected chi connectivity index (χ2v) is 6.42. The number of nitrogens with one attached hydrogen (secondary N) is 2. The number of aliphatic imine (C=N–C) groups is 1. The van der Waals surface area contributed by atoms with Crippen LogP contribution in [0.25, 0.3) is 5.69 Å². The van der Waals surface area contributed by atoms with Gasteiger partial charge in [0, 0.05) is 38.1 Å². The van der Waals surface area contributed by atoms with Crippen molar-refractivity contribution in [3.63, 3.8) is 0 Å². The zero-order chi connectivity index (χ0) is 19.8. The van der Waals surface area contributed by atoms with E-state index in [0.29, 0.717) is 19.7 Å². The minimum Gasteiger partial charge on any atom is -0.494 e. The zero-order valence-corrected chi connectivity index (χ0v) is 16.6. The van der Waals surface area contributed by atoms with Crippen LogP contribution < -0.4 is 15.4 Å². The fourth-order valence-corrected chi connectivity index (χ4v) is 2.99. The van der Waals surface area contributed by atoms with E-state index in [0.717, 1.165) is 28.5 Å². The van der Waals surface area contributed by atoms with E-state index in [1.165, 1.54) is 5.56 Å². The molecule has 0 aliphatic carbocycles. The van der Waals surface area contributed by atoms with E-state index in [4.69, 9.17) is 4.74 Å². The maximum absolute atomic E-state index is 5.76. The van der Waals surface area contributed by atoms with Crippen molar-refractivity contribution in [2.24, 2.45) is 4.99 Å². The van der Waals surface area contributed by atoms with Gasteiger partial charge in [-0.2, -0.15) is 0 Å². The number of hydrogen-bond acceptors (Lipinski definition) is 3. The molecule has 0 bridgehead atoms. The molecule has 3 rings (SSSR count). The predicted molar refractivity (Wildman–Crippen MR) is 113 cm³/mol. The minimum absolute atomic E-state index is 0.637. The van der Waals surface area contributed by atoms with Crippen LogP contribution in [0, 0.1) is 6.92 Å². The van der Waals surface area contributed by atoms with Crippen LogP contribution in [-0.2, 0) is 13.1 Å². The van der Waals surface area contributed by atoms with Crippen LogP contribution in [0.2, 0.25) is 0 Å². The van der Waals surface area contributed by atoms with Gasteiger partial charge in [-0.15, -0.1) is 0 Å². The molecule has 0 aliphatic heterocycles. The van der Waals surface area contributed by atoms with Crippen molar-refractivity contribution in [3.05, 3.63) is 77.9 Å². The van der Waals surface area contributed by atoms with E-state index in [1.807, 2.05) is 29.8 Å². The number of benzene rings is 2. The molecule has 0 amide bonds. The van der Waals surface area contributed by atoms with Crippen molar-refractivity contribution in [1.29, 1.82) is 0 Å². The third-order valence-electron chi connectivity index (χ3n) is 4.41. The first kappa shape index (κ1) is 19.5. The summed E-state index contributed by atoms with van der Waals surface area (Å²) in [4.78, 5) is 8.48. The van der Waals surface area contributed by atoms with Crippen molar-refractivity contribution < 1.29 is 4.74 Å². The van der Waals surface area contributed by atoms with Crippen molar-refractivity contribution in [3.8, 4) is 11.4 Å². The van der Waals surface area contributed by atoms with Crippen molar-refractivity contribution in [2.75, 3.05) is 13.7 Å². The Morgan fingerprint density at radius 1 is 1.11 bits per heavy atom. The van der Waals surface area contributed by atoms with Gasteiger partial charge in [0.05, 0.1) is 18.6 Å².